The maximum absolute atomic E-state index is 12.8. The first-order valence-corrected chi connectivity index (χ1v) is 9.57. The summed E-state index contributed by atoms with van der Waals surface area (Å²) >= 11 is 6.65. The fourth-order valence-corrected chi connectivity index (χ4v) is 5.97. The van der Waals surface area contributed by atoms with E-state index in [1.54, 1.807) is 22.5 Å². The van der Waals surface area contributed by atoms with Gasteiger partial charge in [-0.15, -0.1) is 0 Å². The van der Waals surface area contributed by atoms with Crippen molar-refractivity contribution >= 4 is 41.9 Å². The Hall–Kier alpha value is 0.0500. The molecule has 1 unspecified atom stereocenters. The number of nitrogens with zero attached hydrogens (tertiary/aromatic N) is 1. The Kier molecular flexibility index (Phi) is 5.64. The van der Waals surface area contributed by atoms with Gasteiger partial charge in [-0.1, -0.05) is 22.4 Å². The third-order valence-corrected chi connectivity index (χ3v) is 6.94. The molecule has 0 spiro atoms. The number of benzene rings is 1. The molecule has 7 heteroatoms. The number of aliphatic hydroxyl groups excluding tert-OH is 1. The maximum Gasteiger partial charge on any atom is 0.244 e. The van der Waals surface area contributed by atoms with E-state index in [-0.39, 0.29) is 17.5 Å². The highest BCUT2D eigenvalue weighted by Gasteiger charge is 2.34. The first-order valence-electron chi connectivity index (χ1n) is 6.54. The molecule has 0 amide bonds. The highest BCUT2D eigenvalue weighted by molar-refractivity contribution is 9.11. The number of rotatable bonds is 4. The van der Waals surface area contributed by atoms with Crippen LogP contribution in [0.2, 0.25) is 0 Å². The fourth-order valence-electron chi connectivity index (χ4n) is 2.54. The van der Waals surface area contributed by atoms with Crippen LogP contribution in [0.5, 0.6) is 0 Å². The second kappa shape index (κ2) is 6.87. The van der Waals surface area contributed by atoms with Gasteiger partial charge < -0.3 is 5.11 Å². The van der Waals surface area contributed by atoms with E-state index in [0.29, 0.717) is 17.4 Å². The zero-order valence-electron chi connectivity index (χ0n) is 10.9. The van der Waals surface area contributed by atoms with E-state index in [2.05, 4.69) is 31.9 Å². The van der Waals surface area contributed by atoms with E-state index >= 15 is 0 Å². The van der Waals surface area contributed by atoms with Crippen molar-refractivity contribution in [1.29, 1.82) is 0 Å². The summed E-state index contributed by atoms with van der Waals surface area (Å²) in [5.74, 6) is 0. The summed E-state index contributed by atoms with van der Waals surface area (Å²) in [5, 5.41) is 9.13. The smallest absolute Gasteiger partial charge is 0.244 e. The largest absolute Gasteiger partial charge is 0.396 e. The molecule has 20 heavy (non-hydrogen) atoms. The number of piperidine rings is 1. The van der Waals surface area contributed by atoms with Crippen LogP contribution in [0.3, 0.4) is 0 Å². The molecule has 0 aliphatic carbocycles. The van der Waals surface area contributed by atoms with Gasteiger partial charge in [0.1, 0.15) is 0 Å². The number of hydrogen-bond donors (Lipinski definition) is 1. The predicted molar refractivity (Wildman–Crippen MR) is 85.1 cm³/mol. The molecule has 1 aromatic carbocycles. The fraction of sp³-hybridized carbons (Fsp3) is 0.538. The van der Waals surface area contributed by atoms with E-state index < -0.39 is 10.0 Å². The van der Waals surface area contributed by atoms with E-state index in [4.69, 9.17) is 5.11 Å². The summed E-state index contributed by atoms with van der Waals surface area (Å²) in [5.41, 5.74) is 0. The molecular weight excluding hydrogens is 410 g/mol. The molecule has 1 aliphatic heterocycles. The van der Waals surface area contributed by atoms with Gasteiger partial charge in [-0.05, 0) is 53.4 Å². The Morgan fingerprint density at radius 1 is 1.30 bits per heavy atom. The van der Waals surface area contributed by atoms with E-state index in [9.17, 15) is 8.42 Å². The molecule has 1 N–H and O–H groups in total. The number of hydrogen-bond acceptors (Lipinski definition) is 3. The van der Waals surface area contributed by atoms with Crippen molar-refractivity contribution in [3.05, 3.63) is 27.1 Å². The van der Waals surface area contributed by atoms with E-state index in [1.165, 1.54) is 0 Å². The molecule has 1 aliphatic rings. The van der Waals surface area contributed by atoms with Crippen LogP contribution >= 0.6 is 31.9 Å². The predicted octanol–water partition coefficient (Wildman–Crippen LogP) is 3.14. The second-order valence-electron chi connectivity index (χ2n) is 4.85. The molecular formula is C13H17Br2NO3S. The highest BCUT2D eigenvalue weighted by Crippen LogP contribution is 2.32. The summed E-state index contributed by atoms with van der Waals surface area (Å²) < 4.78 is 28.5. The summed E-state index contributed by atoms with van der Waals surface area (Å²) in [7, 11) is -3.53. The van der Waals surface area contributed by atoms with Crippen LogP contribution in [0.25, 0.3) is 0 Å². The molecule has 1 heterocycles. The lowest BCUT2D eigenvalue weighted by atomic mass is 10.0. The van der Waals surface area contributed by atoms with Gasteiger partial charge in [0.05, 0.1) is 4.90 Å². The first kappa shape index (κ1) is 16.4. The van der Waals surface area contributed by atoms with Crippen molar-refractivity contribution in [2.75, 3.05) is 13.2 Å². The van der Waals surface area contributed by atoms with Crippen molar-refractivity contribution in [2.24, 2.45) is 0 Å². The molecule has 0 radical (unpaired) electrons. The molecule has 0 aromatic heterocycles. The molecule has 1 fully saturated rings. The van der Waals surface area contributed by atoms with E-state index in [0.717, 1.165) is 23.7 Å². The average Bonchev–Trinajstić information content (AvgIpc) is 2.39. The third-order valence-electron chi connectivity index (χ3n) is 3.52. The molecule has 2 rings (SSSR count). The standard InChI is InChI=1S/C13H17Br2NO3S/c14-10-4-5-13(12(15)9-10)20(18,19)16-7-2-1-3-11(16)6-8-17/h4-5,9,11,17H,1-3,6-8H2. The summed E-state index contributed by atoms with van der Waals surface area (Å²) in [6, 6.07) is 4.96. The van der Waals surface area contributed by atoms with Crippen LogP contribution in [-0.4, -0.2) is 37.0 Å². The lowest BCUT2D eigenvalue weighted by molar-refractivity contribution is 0.192. The summed E-state index contributed by atoms with van der Waals surface area (Å²) in [6.07, 6.45) is 3.19. The average molecular weight is 427 g/mol. The normalized spacial score (nSPS) is 21.1. The quantitative estimate of drug-likeness (QED) is 0.804. The lowest BCUT2D eigenvalue weighted by Gasteiger charge is -2.34. The number of sulfonamides is 1. The third kappa shape index (κ3) is 3.44. The van der Waals surface area contributed by atoms with Gasteiger partial charge in [0.2, 0.25) is 10.0 Å². The van der Waals surface area contributed by atoms with Crippen molar-refractivity contribution in [3.63, 3.8) is 0 Å². The van der Waals surface area contributed by atoms with Crippen molar-refractivity contribution in [3.8, 4) is 0 Å². The topological polar surface area (TPSA) is 57.6 Å². The Morgan fingerprint density at radius 2 is 2.05 bits per heavy atom. The number of aliphatic hydroxyl groups is 1. The van der Waals surface area contributed by atoms with Crippen LogP contribution in [-0.2, 0) is 10.0 Å². The molecule has 4 nitrogen and oxygen atoms in total. The minimum Gasteiger partial charge on any atom is -0.396 e. The maximum atomic E-state index is 12.8. The molecule has 1 aromatic rings. The van der Waals surface area contributed by atoms with Gasteiger partial charge in [0.15, 0.2) is 0 Å². The minimum atomic E-state index is -3.53. The van der Waals surface area contributed by atoms with Crippen molar-refractivity contribution < 1.29 is 13.5 Å². The molecule has 112 valence electrons. The van der Waals surface area contributed by atoms with E-state index in [1.807, 2.05) is 0 Å². The van der Waals surface area contributed by atoms with Gasteiger partial charge in [-0.3, -0.25) is 0 Å². The Labute approximate surface area is 136 Å². The van der Waals surface area contributed by atoms with Gasteiger partial charge >= 0.3 is 0 Å². The SMILES string of the molecule is O=S(=O)(c1ccc(Br)cc1Br)N1CCCCC1CCO. The Bertz CT molecular complexity index is 575. The van der Waals surface area contributed by atoms with Crippen LogP contribution in [0.4, 0.5) is 0 Å². The van der Waals surface area contributed by atoms with Gasteiger partial charge in [0, 0.05) is 28.1 Å². The first-order chi connectivity index (χ1) is 9.46. The van der Waals surface area contributed by atoms with Crippen LogP contribution in [0.1, 0.15) is 25.7 Å². The monoisotopic (exact) mass is 425 g/mol. The van der Waals surface area contributed by atoms with Crippen LogP contribution in [0, 0.1) is 0 Å². The molecule has 0 saturated carbocycles. The highest BCUT2D eigenvalue weighted by atomic mass is 79.9. The van der Waals surface area contributed by atoms with Crippen LogP contribution in [0.15, 0.2) is 32.0 Å². The minimum absolute atomic E-state index is 0.0121. The zero-order chi connectivity index (χ0) is 14.8. The van der Waals surface area contributed by atoms with Gasteiger partial charge in [0.25, 0.3) is 0 Å². The molecule has 1 saturated heterocycles. The Morgan fingerprint density at radius 3 is 2.70 bits per heavy atom. The summed E-state index contributed by atoms with van der Waals surface area (Å²) in [4.78, 5) is 0.283. The van der Waals surface area contributed by atoms with Crippen molar-refractivity contribution in [1.82, 2.24) is 4.31 Å². The summed E-state index contributed by atoms with van der Waals surface area (Å²) in [6.45, 7) is 0.535. The lowest BCUT2D eigenvalue weighted by Crippen LogP contribution is -2.44. The van der Waals surface area contributed by atoms with Gasteiger partial charge in [-0.2, -0.15) is 4.31 Å². The second-order valence-corrected chi connectivity index (χ2v) is 8.48. The zero-order valence-corrected chi connectivity index (χ0v) is 14.9. The van der Waals surface area contributed by atoms with Crippen LogP contribution < -0.4 is 0 Å². The van der Waals surface area contributed by atoms with Gasteiger partial charge in [-0.25, -0.2) is 8.42 Å². The molecule has 0 bridgehead atoms. The molecule has 1 atom stereocenters. The van der Waals surface area contributed by atoms with Crippen molar-refractivity contribution in [2.45, 2.75) is 36.6 Å². The Balaban J connectivity index is 2.37. The number of halogens is 2.